The molecule has 0 bridgehead atoms. The van der Waals surface area contributed by atoms with Crippen molar-refractivity contribution in [1.82, 2.24) is 34.4 Å². The molecule has 0 aromatic carbocycles. The third kappa shape index (κ3) is 4.42. The number of nitrogens with one attached hydrogen (secondary N) is 2. The molecule has 31 heavy (non-hydrogen) atoms. The topological polar surface area (TPSA) is 75.3 Å². The van der Waals surface area contributed by atoms with Crippen molar-refractivity contribution >= 4 is 34.0 Å². The van der Waals surface area contributed by atoms with E-state index >= 15 is 0 Å². The Balaban J connectivity index is 1.60. The van der Waals surface area contributed by atoms with Crippen molar-refractivity contribution in [2.45, 2.75) is 39.8 Å². The molecule has 8 nitrogen and oxygen atoms in total. The van der Waals surface area contributed by atoms with Crippen LogP contribution < -0.4 is 10.6 Å². The second kappa shape index (κ2) is 8.32. The van der Waals surface area contributed by atoms with Crippen molar-refractivity contribution in [1.29, 1.82) is 0 Å². The zero-order chi connectivity index (χ0) is 22.3. The van der Waals surface area contributed by atoms with Crippen LogP contribution in [0.2, 0.25) is 0 Å². The minimum atomic E-state index is -0.433. The number of rotatable bonds is 5. The molecule has 3 aromatic rings. The molecule has 0 spiro atoms. The lowest BCUT2D eigenvalue weighted by atomic mass is 10.1. The predicted octanol–water partition coefficient (Wildman–Crippen LogP) is 3.66. The van der Waals surface area contributed by atoms with E-state index in [2.05, 4.69) is 51.1 Å². The highest BCUT2D eigenvalue weighted by molar-refractivity contribution is 6.45. The number of halogens is 2. The van der Waals surface area contributed by atoms with Crippen molar-refractivity contribution in [2.75, 3.05) is 18.4 Å². The predicted molar refractivity (Wildman–Crippen MR) is 121 cm³/mol. The Morgan fingerprint density at radius 1 is 1.26 bits per heavy atom. The molecule has 1 saturated heterocycles. The Morgan fingerprint density at radius 2 is 1.97 bits per heavy atom. The molecule has 1 aliphatic rings. The second-order valence-corrected chi connectivity index (χ2v) is 8.44. The molecule has 3 aromatic heterocycles. The summed E-state index contributed by atoms with van der Waals surface area (Å²) in [6.45, 7) is 13.8. The van der Waals surface area contributed by atoms with Gasteiger partial charge >= 0.3 is 0 Å². The maximum Gasteiger partial charge on any atom is 0.234 e. The minimum absolute atomic E-state index is 0.273. The van der Waals surface area contributed by atoms with Crippen LogP contribution in [-0.2, 0) is 0 Å². The lowest BCUT2D eigenvalue weighted by Gasteiger charge is -2.38. The Labute approximate surface area is 185 Å². The van der Waals surface area contributed by atoms with Gasteiger partial charge in [0, 0.05) is 49.3 Å². The van der Waals surface area contributed by atoms with Gasteiger partial charge in [0.25, 0.3) is 0 Å². The molecule has 0 radical (unpaired) electrons. The summed E-state index contributed by atoms with van der Waals surface area (Å²) in [5.74, 6) is 0.542. The Kier molecular flexibility index (Phi) is 5.72. The molecule has 1 aliphatic heterocycles. The number of allylic oxidation sites excluding steroid dienone is 1. The van der Waals surface area contributed by atoms with E-state index in [4.69, 9.17) is 11.6 Å². The van der Waals surface area contributed by atoms with E-state index < -0.39 is 5.82 Å². The van der Waals surface area contributed by atoms with Gasteiger partial charge in [-0.15, -0.1) is 10.2 Å². The van der Waals surface area contributed by atoms with Gasteiger partial charge < -0.3 is 19.9 Å². The number of piperazine rings is 1. The van der Waals surface area contributed by atoms with Gasteiger partial charge in [-0.3, -0.25) is 4.57 Å². The standard InChI is InChI=1S/C21H26ClFN8/c1-12-8-29(9-13(2)24-12)15(4)6-19(22)31-16(5)27-28-21(31)26-17-7-18(23)20-25-14(3)10-30(20)11-17/h6-7,10-13,24H,4,8-9H2,1-3,5H3,(H,26,28)/b19-6-/t12-,13-/m0/s1. The summed E-state index contributed by atoms with van der Waals surface area (Å²) < 4.78 is 17.7. The molecule has 2 N–H and O–H groups in total. The van der Waals surface area contributed by atoms with Gasteiger partial charge in [-0.2, -0.15) is 0 Å². The molecule has 0 saturated carbocycles. The first-order chi connectivity index (χ1) is 14.7. The van der Waals surface area contributed by atoms with Crippen LogP contribution in [0.4, 0.5) is 16.0 Å². The number of nitrogens with zero attached hydrogens (tertiary/aromatic N) is 6. The number of hydrogen-bond acceptors (Lipinski definition) is 6. The molecule has 0 amide bonds. The molecule has 0 unspecified atom stereocenters. The Bertz CT molecular complexity index is 1150. The minimum Gasteiger partial charge on any atom is -0.369 e. The highest BCUT2D eigenvalue weighted by Crippen LogP contribution is 2.25. The molecule has 1 fully saturated rings. The lowest BCUT2D eigenvalue weighted by molar-refractivity contribution is 0.221. The number of imidazole rings is 1. The highest BCUT2D eigenvalue weighted by atomic mass is 35.5. The fourth-order valence-electron chi connectivity index (χ4n) is 3.93. The summed E-state index contributed by atoms with van der Waals surface area (Å²) in [6, 6.07) is 2.09. The van der Waals surface area contributed by atoms with E-state index in [0.717, 1.165) is 24.5 Å². The van der Waals surface area contributed by atoms with Gasteiger partial charge in [-0.05, 0) is 33.8 Å². The quantitative estimate of drug-likeness (QED) is 0.585. The molecular formula is C21H26ClFN8. The fourth-order valence-corrected chi connectivity index (χ4v) is 4.26. The van der Waals surface area contributed by atoms with E-state index in [1.165, 1.54) is 6.07 Å². The number of aryl methyl sites for hydroxylation is 2. The van der Waals surface area contributed by atoms with E-state index in [1.807, 2.05) is 6.92 Å². The van der Waals surface area contributed by atoms with Gasteiger partial charge in [0.05, 0.1) is 11.4 Å². The molecule has 10 heteroatoms. The maximum absolute atomic E-state index is 14.4. The van der Waals surface area contributed by atoms with Crippen molar-refractivity contribution in [3.63, 3.8) is 0 Å². The van der Waals surface area contributed by atoms with Crippen LogP contribution >= 0.6 is 11.6 Å². The Morgan fingerprint density at radius 3 is 2.68 bits per heavy atom. The number of aromatic nitrogens is 5. The summed E-state index contributed by atoms with van der Waals surface area (Å²) in [5, 5.41) is 15.3. The average molecular weight is 445 g/mol. The first-order valence-electron chi connectivity index (χ1n) is 10.1. The van der Waals surface area contributed by atoms with Crippen molar-refractivity contribution in [3.8, 4) is 0 Å². The van der Waals surface area contributed by atoms with E-state index in [-0.39, 0.29) is 5.65 Å². The lowest BCUT2D eigenvalue weighted by Crippen LogP contribution is -2.53. The van der Waals surface area contributed by atoms with E-state index in [0.29, 0.717) is 34.7 Å². The van der Waals surface area contributed by atoms with Gasteiger partial charge in [-0.25, -0.2) is 9.37 Å². The van der Waals surface area contributed by atoms with Gasteiger partial charge in [0.1, 0.15) is 11.0 Å². The number of anilines is 2. The SMILES string of the molecule is C=C(/C=C(/Cl)n1c(C)nnc1Nc1cc(F)c2nc(C)cn2c1)N1C[C@H](C)N[C@@H](C)C1. The molecule has 2 atom stereocenters. The van der Waals surface area contributed by atoms with Crippen molar-refractivity contribution in [2.24, 2.45) is 0 Å². The third-order valence-electron chi connectivity index (χ3n) is 5.17. The van der Waals surface area contributed by atoms with Crippen LogP contribution in [-0.4, -0.2) is 54.2 Å². The summed E-state index contributed by atoms with van der Waals surface area (Å²) in [6.07, 6.45) is 5.30. The summed E-state index contributed by atoms with van der Waals surface area (Å²) >= 11 is 6.65. The zero-order valence-corrected chi connectivity index (χ0v) is 18.8. The van der Waals surface area contributed by atoms with Crippen molar-refractivity contribution < 1.29 is 4.39 Å². The number of hydrogen-bond donors (Lipinski definition) is 2. The summed E-state index contributed by atoms with van der Waals surface area (Å²) in [4.78, 5) is 6.38. The first kappa shape index (κ1) is 21.3. The van der Waals surface area contributed by atoms with Crippen LogP contribution in [0.1, 0.15) is 25.4 Å². The molecule has 4 heterocycles. The van der Waals surface area contributed by atoms with Crippen LogP contribution in [0.15, 0.2) is 36.8 Å². The van der Waals surface area contributed by atoms with Crippen LogP contribution in [0, 0.1) is 19.7 Å². The maximum atomic E-state index is 14.4. The van der Waals surface area contributed by atoms with Gasteiger partial charge in [0.2, 0.25) is 5.95 Å². The van der Waals surface area contributed by atoms with Gasteiger partial charge in [-0.1, -0.05) is 18.2 Å². The summed E-state index contributed by atoms with van der Waals surface area (Å²) in [5.41, 5.74) is 2.32. The largest absolute Gasteiger partial charge is 0.369 e. The monoisotopic (exact) mass is 444 g/mol. The summed E-state index contributed by atoms with van der Waals surface area (Å²) in [7, 11) is 0. The molecule has 4 rings (SSSR count). The smallest absolute Gasteiger partial charge is 0.234 e. The second-order valence-electron chi connectivity index (χ2n) is 8.05. The van der Waals surface area contributed by atoms with Gasteiger partial charge in [0.15, 0.2) is 11.5 Å². The van der Waals surface area contributed by atoms with E-state index in [1.54, 1.807) is 34.4 Å². The average Bonchev–Trinajstić information content (AvgIpc) is 3.23. The molecule has 164 valence electrons. The normalized spacial score (nSPS) is 19.8. The number of fused-ring (bicyclic) bond motifs is 1. The van der Waals surface area contributed by atoms with Crippen molar-refractivity contribution in [3.05, 3.63) is 54.1 Å². The highest BCUT2D eigenvalue weighted by Gasteiger charge is 2.22. The van der Waals surface area contributed by atoms with E-state index in [9.17, 15) is 4.39 Å². The first-order valence-corrected chi connectivity index (χ1v) is 10.5. The Hall–Kier alpha value is -2.91. The number of pyridine rings is 1. The van der Waals surface area contributed by atoms with Crippen LogP contribution in [0.25, 0.3) is 10.8 Å². The molecular weight excluding hydrogens is 419 g/mol. The van der Waals surface area contributed by atoms with Crippen LogP contribution in [0.5, 0.6) is 0 Å². The third-order valence-corrected chi connectivity index (χ3v) is 5.45. The molecule has 0 aliphatic carbocycles. The van der Waals surface area contributed by atoms with Crippen LogP contribution in [0.3, 0.4) is 0 Å². The fraction of sp³-hybridized carbons (Fsp3) is 0.381. The zero-order valence-electron chi connectivity index (χ0n) is 18.0.